The number of aromatic nitrogens is 1. The van der Waals surface area contributed by atoms with E-state index in [-0.39, 0.29) is 32.7 Å². The molecule has 0 fully saturated rings. The molecule has 47 heavy (non-hydrogen) atoms. The number of phenolic OH excluding ortho intramolecular Hbond substituents is 8. The Balaban J connectivity index is 1.62. The van der Waals surface area contributed by atoms with Crippen molar-refractivity contribution in [3.63, 3.8) is 0 Å². The highest BCUT2D eigenvalue weighted by atomic mass is 16.4. The van der Waals surface area contributed by atoms with E-state index in [4.69, 9.17) is 0 Å². The molecule has 0 spiro atoms. The number of para-hydroxylation sites is 2. The van der Waals surface area contributed by atoms with Crippen molar-refractivity contribution in [3.8, 4) is 79.4 Å². The Kier molecular flexibility index (Phi) is 5.84. The monoisotopic (exact) mass is 623 g/mol. The Morgan fingerprint density at radius 2 is 0.787 bits per heavy atom. The molecule has 7 aromatic carbocycles. The molecule has 8 rings (SSSR count). The first-order chi connectivity index (χ1) is 22.7. The molecule has 1 heterocycles. The lowest BCUT2D eigenvalue weighted by atomic mass is 9.83. The van der Waals surface area contributed by atoms with Crippen LogP contribution in [0.2, 0.25) is 0 Å². The van der Waals surface area contributed by atoms with E-state index in [9.17, 15) is 40.9 Å². The molecule has 0 unspecified atom stereocenters. The average molecular weight is 624 g/mol. The first-order valence-corrected chi connectivity index (χ1v) is 14.6. The van der Waals surface area contributed by atoms with Crippen LogP contribution < -0.4 is 0 Å². The molecule has 0 saturated heterocycles. The van der Waals surface area contributed by atoms with Gasteiger partial charge in [-0.05, 0) is 22.8 Å². The van der Waals surface area contributed by atoms with Gasteiger partial charge in [-0.1, -0.05) is 91.0 Å². The minimum Gasteiger partial charge on any atom is -0.504 e. The summed E-state index contributed by atoms with van der Waals surface area (Å²) in [7, 11) is 0. The number of hydrogen-bond acceptors (Lipinski definition) is 8. The summed E-state index contributed by atoms with van der Waals surface area (Å²) < 4.78 is 0. The molecule has 0 amide bonds. The first-order valence-electron chi connectivity index (χ1n) is 14.6. The minimum atomic E-state index is -1.02. The molecular weight excluding hydrogens is 598 g/mol. The van der Waals surface area contributed by atoms with Crippen molar-refractivity contribution >= 4 is 43.4 Å². The van der Waals surface area contributed by atoms with Crippen LogP contribution >= 0.6 is 0 Å². The SMILES string of the molecule is Oc1c(O)c(O)c2c(-c3cccc4c3[nH]c3ccccc34)c3c(O)c(O)c(O)c(O)c3c(-c3ccc(-c4ccccc4)cc3)c2c1O. The zero-order valence-corrected chi connectivity index (χ0v) is 24.3. The fourth-order valence-electron chi connectivity index (χ4n) is 6.72. The van der Waals surface area contributed by atoms with Crippen molar-refractivity contribution in [3.05, 3.63) is 97.1 Å². The van der Waals surface area contributed by atoms with Gasteiger partial charge in [0.05, 0.1) is 5.52 Å². The van der Waals surface area contributed by atoms with E-state index in [0.717, 1.165) is 27.4 Å². The lowest BCUT2D eigenvalue weighted by Gasteiger charge is -2.22. The zero-order valence-electron chi connectivity index (χ0n) is 24.3. The molecule has 9 nitrogen and oxygen atoms in total. The molecule has 0 atom stereocenters. The minimum absolute atomic E-state index is 0.00613. The molecule has 9 heteroatoms. The molecule has 1 aromatic heterocycles. The first kappa shape index (κ1) is 27.8. The molecule has 230 valence electrons. The van der Waals surface area contributed by atoms with Crippen molar-refractivity contribution in [1.29, 1.82) is 0 Å². The van der Waals surface area contributed by atoms with Gasteiger partial charge in [-0.2, -0.15) is 0 Å². The molecule has 0 bridgehead atoms. The van der Waals surface area contributed by atoms with Crippen molar-refractivity contribution in [2.75, 3.05) is 0 Å². The summed E-state index contributed by atoms with van der Waals surface area (Å²) >= 11 is 0. The van der Waals surface area contributed by atoms with Crippen LogP contribution in [-0.2, 0) is 0 Å². The van der Waals surface area contributed by atoms with Gasteiger partial charge < -0.3 is 45.8 Å². The quantitative estimate of drug-likeness (QED) is 0.0536. The van der Waals surface area contributed by atoms with E-state index in [1.165, 1.54) is 0 Å². The highest BCUT2D eigenvalue weighted by molar-refractivity contribution is 6.30. The number of H-pyrrole nitrogens is 1. The fraction of sp³-hybridized carbons (Fsp3) is 0. The van der Waals surface area contributed by atoms with Gasteiger partial charge in [-0.15, -0.1) is 0 Å². The van der Waals surface area contributed by atoms with E-state index in [1.807, 2.05) is 60.7 Å². The molecular formula is C38H25NO8. The lowest BCUT2D eigenvalue weighted by Crippen LogP contribution is -1.95. The maximum absolute atomic E-state index is 11.5. The summed E-state index contributed by atoms with van der Waals surface area (Å²) in [6, 6.07) is 29.2. The molecule has 0 saturated carbocycles. The van der Waals surface area contributed by atoms with E-state index in [0.29, 0.717) is 16.6 Å². The van der Waals surface area contributed by atoms with Gasteiger partial charge >= 0.3 is 0 Å². The smallest absolute Gasteiger partial charge is 0.204 e. The third-order valence-corrected chi connectivity index (χ3v) is 8.88. The maximum Gasteiger partial charge on any atom is 0.204 e. The third-order valence-electron chi connectivity index (χ3n) is 8.88. The molecule has 0 radical (unpaired) electrons. The second-order valence-electron chi connectivity index (χ2n) is 11.4. The number of rotatable bonds is 3. The van der Waals surface area contributed by atoms with Crippen LogP contribution in [0.25, 0.3) is 76.7 Å². The van der Waals surface area contributed by atoms with Crippen LogP contribution in [0.5, 0.6) is 46.0 Å². The van der Waals surface area contributed by atoms with E-state index in [2.05, 4.69) is 4.98 Å². The van der Waals surface area contributed by atoms with Gasteiger partial charge in [0.2, 0.25) is 23.0 Å². The summed E-state index contributed by atoms with van der Waals surface area (Å²) in [6.07, 6.45) is 0. The highest BCUT2D eigenvalue weighted by Gasteiger charge is 2.33. The van der Waals surface area contributed by atoms with Gasteiger partial charge in [0, 0.05) is 54.5 Å². The average Bonchev–Trinajstić information content (AvgIpc) is 3.49. The van der Waals surface area contributed by atoms with E-state index in [1.54, 1.807) is 36.4 Å². The Labute approximate surface area is 265 Å². The highest BCUT2D eigenvalue weighted by Crippen LogP contribution is 2.62. The van der Waals surface area contributed by atoms with Gasteiger partial charge in [0.15, 0.2) is 23.0 Å². The summed E-state index contributed by atoms with van der Waals surface area (Å²) in [4.78, 5) is 3.35. The topological polar surface area (TPSA) is 178 Å². The fourth-order valence-corrected chi connectivity index (χ4v) is 6.72. The number of phenols is 8. The van der Waals surface area contributed by atoms with Gasteiger partial charge in [0.1, 0.15) is 0 Å². The Bertz CT molecular complexity index is 2510. The number of nitrogens with one attached hydrogen (secondary N) is 1. The largest absolute Gasteiger partial charge is 0.504 e. The second-order valence-corrected chi connectivity index (χ2v) is 11.4. The molecule has 0 aliphatic carbocycles. The van der Waals surface area contributed by atoms with Crippen LogP contribution in [0.3, 0.4) is 0 Å². The molecule has 9 N–H and O–H groups in total. The maximum atomic E-state index is 11.5. The number of benzene rings is 7. The van der Waals surface area contributed by atoms with Crippen LogP contribution in [-0.4, -0.2) is 45.8 Å². The zero-order chi connectivity index (χ0) is 32.7. The van der Waals surface area contributed by atoms with Crippen LogP contribution in [0.4, 0.5) is 0 Å². The molecule has 0 aliphatic rings. The van der Waals surface area contributed by atoms with Crippen molar-refractivity contribution in [1.82, 2.24) is 4.98 Å². The predicted octanol–water partition coefficient (Wildman–Crippen LogP) is 8.27. The number of aromatic hydroxyl groups is 8. The second kappa shape index (κ2) is 9.88. The summed E-state index contributed by atoms with van der Waals surface area (Å²) in [5.74, 6) is -7.36. The number of aromatic amines is 1. The lowest BCUT2D eigenvalue weighted by molar-refractivity contribution is 0.350. The summed E-state index contributed by atoms with van der Waals surface area (Å²) in [5, 5.41) is 90.2. The van der Waals surface area contributed by atoms with E-state index < -0.39 is 46.0 Å². The Morgan fingerprint density at radius 1 is 0.340 bits per heavy atom. The van der Waals surface area contributed by atoms with Gasteiger partial charge in [0.25, 0.3) is 0 Å². The van der Waals surface area contributed by atoms with Crippen molar-refractivity contribution in [2.24, 2.45) is 0 Å². The number of hydrogen-bond donors (Lipinski definition) is 9. The summed E-state index contributed by atoms with van der Waals surface area (Å²) in [5.41, 5.74) is 3.74. The molecule has 0 aliphatic heterocycles. The van der Waals surface area contributed by atoms with Crippen LogP contribution in [0, 0.1) is 0 Å². The third kappa shape index (κ3) is 3.77. The standard InChI is InChI=1S/C38H25NO8/c40-31-26-24(19-15-13-18(14-16-19)17-7-2-1-3-8-17)27-29(34(43)38(47)36(45)32(27)41)25(28(26)33(42)37(46)35(31)44)22-11-6-10-21-20-9-4-5-12-23(20)39-30(21)22/h1-16,39-47H. The van der Waals surface area contributed by atoms with Gasteiger partial charge in [-0.3, -0.25) is 0 Å². The van der Waals surface area contributed by atoms with Crippen LogP contribution in [0.1, 0.15) is 0 Å². The van der Waals surface area contributed by atoms with Crippen molar-refractivity contribution in [2.45, 2.75) is 0 Å². The Morgan fingerprint density at radius 3 is 1.36 bits per heavy atom. The van der Waals surface area contributed by atoms with Crippen LogP contribution in [0.15, 0.2) is 97.1 Å². The number of fused-ring (bicyclic) bond motifs is 5. The normalized spacial score (nSPS) is 11.7. The van der Waals surface area contributed by atoms with Crippen molar-refractivity contribution < 1.29 is 40.9 Å². The summed E-state index contributed by atoms with van der Waals surface area (Å²) in [6.45, 7) is 0. The molecule has 8 aromatic rings. The van der Waals surface area contributed by atoms with Gasteiger partial charge in [-0.25, -0.2) is 0 Å². The Hall–Kier alpha value is -6.74. The van der Waals surface area contributed by atoms with E-state index >= 15 is 0 Å². The predicted molar refractivity (Wildman–Crippen MR) is 180 cm³/mol.